The Balaban J connectivity index is 2.00. The Labute approximate surface area is 110 Å². The lowest BCUT2D eigenvalue weighted by molar-refractivity contribution is 0.112. The second-order valence-corrected chi connectivity index (χ2v) is 7.13. The van der Waals surface area contributed by atoms with Crippen molar-refractivity contribution in [1.82, 2.24) is 14.6 Å². The molecular formula is C12H13N3O3S. The van der Waals surface area contributed by atoms with Crippen molar-refractivity contribution in [2.24, 2.45) is 0 Å². The number of aromatic nitrogens is 3. The fraction of sp³-hybridized carbons (Fsp3) is 0.417. The molecule has 1 aliphatic heterocycles. The highest BCUT2D eigenvalue weighted by Gasteiger charge is 2.32. The van der Waals surface area contributed by atoms with Gasteiger partial charge in [0.25, 0.3) is 0 Å². The van der Waals surface area contributed by atoms with Crippen molar-refractivity contribution >= 4 is 21.8 Å². The van der Waals surface area contributed by atoms with Gasteiger partial charge in [0, 0.05) is 12.6 Å². The Morgan fingerprint density at radius 1 is 1.42 bits per heavy atom. The van der Waals surface area contributed by atoms with Crippen LogP contribution in [0.5, 0.6) is 0 Å². The summed E-state index contributed by atoms with van der Waals surface area (Å²) in [7, 11) is -3.00. The van der Waals surface area contributed by atoms with Crippen LogP contribution in [0.15, 0.2) is 18.3 Å². The van der Waals surface area contributed by atoms with Gasteiger partial charge in [-0.25, -0.2) is 8.42 Å². The van der Waals surface area contributed by atoms with E-state index in [1.54, 1.807) is 22.7 Å². The number of aldehydes is 1. The lowest BCUT2D eigenvalue weighted by Gasteiger charge is -2.07. The van der Waals surface area contributed by atoms with E-state index in [0.29, 0.717) is 36.3 Å². The van der Waals surface area contributed by atoms with Gasteiger partial charge >= 0.3 is 0 Å². The van der Waals surface area contributed by atoms with E-state index >= 15 is 0 Å². The SMILES string of the molecule is O=Cc1cccn2c(CC3CCCS3(=O)=O)nnc12. The van der Waals surface area contributed by atoms with Crippen LogP contribution >= 0.6 is 0 Å². The average molecular weight is 279 g/mol. The summed E-state index contributed by atoms with van der Waals surface area (Å²) in [6.45, 7) is 0. The van der Waals surface area contributed by atoms with Gasteiger partial charge in [-0.15, -0.1) is 10.2 Å². The van der Waals surface area contributed by atoms with Crippen molar-refractivity contribution < 1.29 is 13.2 Å². The first kappa shape index (κ1) is 12.3. The standard InChI is InChI=1S/C12H13N3O3S/c16-8-9-3-1-5-15-11(13-14-12(9)15)7-10-4-2-6-19(10,17)18/h1,3,5,8,10H,2,4,6-7H2. The molecule has 1 atom stereocenters. The van der Waals surface area contributed by atoms with Crippen LogP contribution in [0.3, 0.4) is 0 Å². The fourth-order valence-corrected chi connectivity index (χ4v) is 4.34. The molecule has 0 aromatic carbocycles. The zero-order chi connectivity index (χ0) is 13.5. The molecule has 2 aromatic rings. The lowest BCUT2D eigenvalue weighted by atomic mass is 10.2. The first-order valence-corrected chi connectivity index (χ1v) is 7.83. The summed E-state index contributed by atoms with van der Waals surface area (Å²) in [6, 6.07) is 3.39. The van der Waals surface area contributed by atoms with Crippen LogP contribution in [0.1, 0.15) is 29.0 Å². The lowest BCUT2D eigenvalue weighted by Crippen LogP contribution is -2.20. The molecule has 1 aliphatic rings. The van der Waals surface area contributed by atoms with E-state index in [1.807, 2.05) is 0 Å². The van der Waals surface area contributed by atoms with E-state index in [0.717, 1.165) is 6.29 Å². The van der Waals surface area contributed by atoms with Crippen LogP contribution in [0.25, 0.3) is 5.65 Å². The summed E-state index contributed by atoms with van der Waals surface area (Å²) in [5.74, 6) is 0.850. The largest absolute Gasteiger partial charge is 0.298 e. The van der Waals surface area contributed by atoms with Gasteiger partial charge in [0.1, 0.15) is 5.82 Å². The van der Waals surface area contributed by atoms with Gasteiger partial charge in [0.2, 0.25) is 0 Å². The maximum absolute atomic E-state index is 11.8. The summed E-state index contributed by atoms with van der Waals surface area (Å²) in [5.41, 5.74) is 0.929. The molecule has 0 saturated carbocycles. The first-order chi connectivity index (χ1) is 9.12. The highest BCUT2D eigenvalue weighted by Crippen LogP contribution is 2.23. The molecule has 1 unspecified atom stereocenters. The average Bonchev–Trinajstić information content (AvgIpc) is 2.94. The summed E-state index contributed by atoms with van der Waals surface area (Å²) in [5, 5.41) is 7.61. The Morgan fingerprint density at radius 3 is 2.95 bits per heavy atom. The number of hydrogen-bond acceptors (Lipinski definition) is 5. The number of rotatable bonds is 3. The fourth-order valence-electron chi connectivity index (χ4n) is 2.51. The molecule has 19 heavy (non-hydrogen) atoms. The van der Waals surface area contributed by atoms with Crippen LogP contribution < -0.4 is 0 Å². The van der Waals surface area contributed by atoms with Crippen molar-refractivity contribution in [2.75, 3.05) is 5.75 Å². The molecular weight excluding hydrogens is 266 g/mol. The highest BCUT2D eigenvalue weighted by atomic mass is 32.2. The molecule has 0 aliphatic carbocycles. The molecule has 100 valence electrons. The predicted octanol–water partition coefficient (Wildman–Crippen LogP) is 0.661. The van der Waals surface area contributed by atoms with Gasteiger partial charge in [0.15, 0.2) is 21.8 Å². The zero-order valence-electron chi connectivity index (χ0n) is 10.2. The maximum atomic E-state index is 11.8. The minimum Gasteiger partial charge on any atom is -0.298 e. The summed E-state index contributed by atoms with van der Waals surface area (Å²) in [4.78, 5) is 10.9. The van der Waals surface area contributed by atoms with Gasteiger partial charge < -0.3 is 0 Å². The van der Waals surface area contributed by atoms with Crippen molar-refractivity contribution in [1.29, 1.82) is 0 Å². The van der Waals surface area contributed by atoms with Crippen molar-refractivity contribution in [3.05, 3.63) is 29.7 Å². The number of nitrogens with zero attached hydrogens (tertiary/aromatic N) is 3. The minimum absolute atomic E-state index is 0.258. The van der Waals surface area contributed by atoms with E-state index in [1.165, 1.54) is 0 Å². The third-order valence-corrected chi connectivity index (χ3v) is 5.81. The molecule has 0 N–H and O–H groups in total. The molecule has 6 nitrogen and oxygen atoms in total. The molecule has 0 amide bonds. The normalized spacial score (nSPS) is 21.8. The van der Waals surface area contributed by atoms with Gasteiger partial charge in [0.05, 0.1) is 16.6 Å². The number of sulfone groups is 1. The molecule has 2 aromatic heterocycles. The van der Waals surface area contributed by atoms with E-state index in [4.69, 9.17) is 0 Å². The minimum atomic E-state index is -3.00. The molecule has 0 bridgehead atoms. The Kier molecular flexibility index (Phi) is 2.85. The number of hydrogen-bond donors (Lipinski definition) is 0. The van der Waals surface area contributed by atoms with E-state index in [-0.39, 0.29) is 11.0 Å². The third kappa shape index (κ3) is 2.03. The van der Waals surface area contributed by atoms with Crippen molar-refractivity contribution in [3.63, 3.8) is 0 Å². The topological polar surface area (TPSA) is 81.4 Å². The van der Waals surface area contributed by atoms with Crippen LogP contribution in [0.2, 0.25) is 0 Å². The molecule has 7 heteroatoms. The summed E-state index contributed by atoms with van der Waals surface area (Å²) < 4.78 is 25.4. The molecule has 1 saturated heterocycles. The van der Waals surface area contributed by atoms with Gasteiger partial charge in [-0.2, -0.15) is 0 Å². The number of pyridine rings is 1. The number of carbonyl (C=O) groups excluding carboxylic acids is 1. The zero-order valence-corrected chi connectivity index (χ0v) is 11.0. The number of fused-ring (bicyclic) bond motifs is 1. The van der Waals surface area contributed by atoms with Crippen molar-refractivity contribution in [3.8, 4) is 0 Å². The van der Waals surface area contributed by atoms with E-state index < -0.39 is 9.84 Å². The quantitative estimate of drug-likeness (QED) is 0.771. The maximum Gasteiger partial charge on any atom is 0.171 e. The Morgan fingerprint density at radius 2 is 2.26 bits per heavy atom. The summed E-state index contributed by atoms with van der Waals surface area (Å²) in [6.07, 6.45) is 4.21. The number of carbonyl (C=O) groups is 1. The van der Waals surface area contributed by atoms with Crippen LogP contribution in [0.4, 0.5) is 0 Å². The summed E-state index contributed by atoms with van der Waals surface area (Å²) >= 11 is 0. The third-order valence-electron chi connectivity index (χ3n) is 3.54. The highest BCUT2D eigenvalue weighted by molar-refractivity contribution is 7.92. The Hall–Kier alpha value is -1.76. The molecule has 0 spiro atoms. The van der Waals surface area contributed by atoms with E-state index in [9.17, 15) is 13.2 Å². The van der Waals surface area contributed by atoms with Crippen molar-refractivity contribution in [2.45, 2.75) is 24.5 Å². The first-order valence-electron chi connectivity index (χ1n) is 6.11. The molecule has 3 rings (SSSR count). The van der Waals surface area contributed by atoms with Gasteiger partial charge in [-0.3, -0.25) is 9.20 Å². The Bertz CT molecular complexity index is 736. The van der Waals surface area contributed by atoms with Gasteiger partial charge in [-0.05, 0) is 25.0 Å². The van der Waals surface area contributed by atoms with Crippen LogP contribution in [0, 0.1) is 0 Å². The second kappa shape index (κ2) is 4.41. The predicted molar refractivity (Wildman–Crippen MR) is 68.9 cm³/mol. The molecule has 1 fully saturated rings. The van der Waals surface area contributed by atoms with Gasteiger partial charge in [-0.1, -0.05) is 0 Å². The monoisotopic (exact) mass is 279 g/mol. The smallest absolute Gasteiger partial charge is 0.171 e. The van der Waals surface area contributed by atoms with E-state index in [2.05, 4.69) is 10.2 Å². The molecule has 3 heterocycles. The molecule has 0 radical (unpaired) electrons. The second-order valence-electron chi connectivity index (χ2n) is 4.73. The van der Waals surface area contributed by atoms with Crippen LogP contribution in [-0.4, -0.2) is 40.3 Å². The van der Waals surface area contributed by atoms with Crippen LogP contribution in [-0.2, 0) is 16.3 Å².